The number of anilines is 1. The van der Waals surface area contributed by atoms with E-state index in [-0.39, 0.29) is 17.9 Å². The van der Waals surface area contributed by atoms with Crippen LogP contribution in [0.2, 0.25) is 0 Å². The molecule has 0 bridgehead atoms. The van der Waals surface area contributed by atoms with Crippen LogP contribution in [0, 0.1) is 5.92 Å². The van der Waals surface area contributed by atoms with Gasteiger partial charge < -0.3 is 10.2 Å². The SMILES string of the molecule is CC(C)CCC(=O)N1CCC2(C(=O)Nc3ccccc32)C1c1cccnc1. The number of fused-ring (bicyclic) bond motifs is 2. The molecule has 2 aromatic rings. The molecular formula is C22H25N3O2. The standard InChI is InChI=1S/C22H25N3O2/c1-15(2)9-10-19(26)25-13-11-22(20(25)16-6-5-12-23-14-16)17-7-3-4-8-18(17)24-21(22)27/h3-8,12,14-15,20H,9-11,13H2,1-2H3,(H,24,27). The third kappa shape index (κ3) is 2.82. The van der Waals surface area contributed by atoms with Crippen molar-refractivity contribution in [1.82, 2.24) is 9.88 Å². The lowest BCUT2D eigenvalue weighted by atomic mass is 9.73. The normalized spacial score (nSPS) is 23.7. The summed E-state index contributed by atoms with van der Waals surface area (Å²) >= 11 is 0. The zero-order valence-electron chi connectivity index (χ0n) is 15.8. The molecule has 5 nitrogen and oxygen atoms in total. The zero-order valence-corrected chi connectivity index (χ0v) is 15.8. The number of nitrogens with one attached hydrogen (secondary N) is 1. The fourth-order valence-corrected chi connectivity index (χ4v) is 4.51. The number of hydrogen-bond donors (Lipinski definition) is 1. The highest BCUT2D eigenvalue weighted by Crippen LogP contribution is 2.54. The van der Waals surface area contributed by atoms with Crippen molar-refractivity contribution >= 4 is 17.5 Å². The van der Waals surface area contributed by atoms with Gasteiger partial charge in [0.15, 0.2) is 0 Å². The summed E-state index contributed by atoms with van der Waals surface area (Å²) in [6, 6.07) is 11.4. The minimum atomic E-state index is -0.743. The second-order valence-corrected chi connectivity index (χ2v) is 7.93. The molecule has 1 aromatic carbocycles. The Hall–Kier alpha value is -2.69. The maximum Gasteiger partial charge on any atom is 0.237 e. The van der Waals surface area contributed by atoms with Gasteiger partial charge >= 0.3 is 0 Å². The van der Waals surface area contributed by atoms with Crippen LogP contribution in [0.1, 0.15) is 50.3 Å². The number of likely N-dealkylation sites (tertiary alicyclic amines) is 1. The number of carbonyl (C=O) groups is 2. The summed E-state index contributed by atoms with van der Waals surface area (Å²) in [5.41, 5.74) is 2.02. The van der Waals surface area contributed by atoms with E-state index >= 15 is 0 Å². The number of pyridine rings is 1. The van der Waals surface area contributed by atoms with Gasteiger partial charge in [-0.05, 0) is 42.0 Å². The average Bonchev–Trinajstić information content (AvgIpc) is 3.21. The number of carbonyl (C=O) groups excluding carboxylic acids is 2. The van der Waals surface area contributed by atoms with Crippen molar-refractivity contribution in [3.63, 3.8) is 0 Å². The third-order valence-corrected chi connectivity index (χ3v) is 5.84. The lowest BCUT2D eigenvalue weighted by Gasteiger charge is -2.34. The summed E-state index contributed by atoms with van der Waals surface area (Å²) in [6.07, 6.45) is 5.49. The van der Waals surface area contributed by atoms with Gasteiger partial charge in [0, 0.05) is 31.0 Å². The highest BCUT2D eigenvalue weighted by atomic mass is 16.2. The second kappa shape index (κ2) is 6.80. The molecule has 2 aliphatic heterocycles. The quantitative estimate of drug-likeness (QED) is 0.901. The van der Waals surface area contributed by atoms with Crippen molar-refractivity contribution in [3.05, 3.63) is 59.9 Å². The van der Waals surface area contributed by atoms with E-state index in [4.69, 9.17) is 0 Å². The molecular weight excluding hydrogens is 338 g/mol. The molecule has 2 aliphatic rings. The molecule has 2 unspecified atom stereocenters. The van der Waals surface area contributed by atoms with Crippen molar-refractivity contribution < 1.29 is 9.59 Å². The molecule has 1 fully saturated rings. The summed E-state index contributed by atoms with van der Waals surface area (Å²) in [6.45, 7) is 4.83. The van der Waals surface area contributed by atoms with Gasteiger partial charge in [-0.2, -0.15) is 0 Å². The van der Waals surface area contributed by atoms with Crippen LogP contribution in [-0.4, -0.2) is 28.2 Å². The first kappa shape index (κ1) is 17.7. The highest BCUT2D eigenvalue weighted by Gasteiger charge is 2.59. The van der Waals surface area contributed by atoms with E-state index in [9.17, 15) is 9.59 Å². The van der Waals surface area contributed by atoms with Crippen molar-refractivity contribution in [3.8, 4) is 0 Å². The average molecular weight is 363 g/mol. The van der Waals surface area contributed by atoms with Gasteiger partial charge in [-0.3, -0.25) is 14.6 Å². The predicted molar refractivity (Wildman–Crippen MR) is 104 cm³/mol. The molecule has 0 radical (unpaired) electrons. The largest absolute Gasteiger partial charge is 0.334 e. The summed E-state index contributed by atoms with van der Waals surface area (Å²) in [5.74, 6) is 0.571. The van der Waals surface area contributed by atoms with E-state index in [2.05, 4.69) is 24.1 Å². The minimum Gasteiger partial charge on any atom is -0.334 e. The molecule has 0 saturated carbocycles. The Morgan fingerprint density at radius 2 is 2.11 bits per heavy atom. The van der Waals surface area contributed by atoms with Crippen LogP contribution in [-0.2, 0) is 15.0 Å². The molecule has 2 atom stereocenters. The number of nitrogens with zero attached hydrogens (tertiary/aromatic N) is 2. The van der Waals surface area contributed by atoms with Crippen LogP contribution in [0.5, 0.6) is 0 Å². The highest BCUT2D eigenvalue weighted by molar-refractivity contribution is 6.07. The second-order valence-electron chi connectivity index (χ2n) is 7.93. The van der Waals surface area contributed by atoms with Crippen LogP contribution < -0.4 is 5.32 Å². The summed E-state index contributed by atoms with van der Waals surface area (Å²) in [7, 11) is 0. The van der Waals surface area contributed by atoms with Gasteiger partial charge in [-0.15, -0.1) is 0 Å². The molecule has 1 aromatic heterocycles. The minimum absolute atomic E-state index is 0.0169. The van der Waals surface area contributed by atoms with Crippen molar-refractivity contribution in [2.75, 3.05) is 11.9 Å². The van der Waals surface area contributed by atoms with Crippen LogP contribution in [0.15, 0.2) is 48.8 Å². The summed E-state index contributed by atoms with van der Waals surface area (Å²) in [4.78, 5) is 32.4. The van der Waals surface area contributed by atoms with E-state index in [1.165, 1.54) is 0 Å². The number of amides is 2. The molecule has 5 heteroatoms. The Bertz CT molecular complexity index is 865. The third-order valence-electron chi connectivity index (χ3n) is 5.84. The van der Waals surface area contributed by atoms with Gasteiger partial charge in [0.1, 0.15) is 5.41 Å². The molecule has 4 rings (SSSR count). The lowest BCUT2D eigenvalue weighted by molar-refractivity contribution is -0.133. The first-order valence-corrected chi connectivity index (χ1v) is 9.64. The van der Waals surface area contributed by atoms with E-state index in [1.54, 1.807) is 12.4 Å². The van der Waals surface area contributed by atoms with Gasteiger partial charge in [0.2, 0.25) is 11.8 Å². The summed E-state index contributed by atoms with van der Waals surface area (Å²) < 4.78 is 0. The molecule has 0 aliphatic carbocycles. The number of para-hydroxylation sites is 1. The molecule has 3 heterocycles. The summed E-state index contributed by atoms with van der Waals surface area (Å²) in [5, 5.41) is 3.04. The number of aromatic nitrogens is 1. The van der Waals surface area contributed by atoms with Gasteiger partial charge in [0.25, 0.3) is 0 Å². The Morgan fingerprint density at radius 3 is 2.85 bits per heavy atom. The van der Waals surface area contributed by atoms with Gasteiger partial charge in [-0.1, -0.05) is 38.1 Å². The monoisotopic (exact) mass is 363 g/mol. The maximum absolute atomic E-state index is 13.2. The van der Waals surface area contributed by atoms with Gasteiger partial charge in [0.05, 0.1) is 6.04 Å². The van der Waals surface area contributed by atoms with E-state index in [0.29, 0.717) is 25.3 Å². The van der Waals surface area contributed by atoms with E-state index in [1.807, 2.05) is 41.3 Å². The Morgan fingerprint density at radius 1 is 1.30 bits per heavy atom. The Labute approximate surface area is 159 Å². The fraction of sp³-hybridized carbons (Fsp3) is 0.409. The van der Waals surface area contributed by atoms with Crippen LogP contribution in [0.4, 0.5) is 5.69 Å². The van der Waals surface area contributed by atoms with Gasteiger partial charge in [-0.25, -0.2) is 0 Å². The van der Waals surface area contributed by atoms with E-state index < -0.39 is 5.41 Å². The first-order valence-electron chi connectivity index (χ1n) is 9.64. The molecule has 27 heavy (non-hydrogen) atoms. The van der Waals surface area contributed by atoms with Crippen molar-refractivity contribution in [2.24, 2.45) is 5.92 Å². The number of rotatable bonds is 4. The predicted octanol–water partition coefficient (Wildman–Crippen LogP) is 3.68. The Balaban J connectivity index is 1.79. The number of hydrogen-bond acceptors (Lipinski definition) is 3. The zero-order chi connectivity index (χ0) is 19.0. The fourth-order valence-electron chi connectivity index (χ4n) is 4.51. The van der Waals surface area contributed by atoms with Crippen LogP contribution in [0.25, 0.3) is 0 Å². The first-order chi connectivity index (χ1) is 13.0. The Kier molecular flexibility index (Phi) is 4.46. The van der Waals surface area contributed by atoms with Crippen LogP contribution in [0.3, 0.4) is 0 Å². The van der Waals surface area contributed by atoms with Crippen LogP contribution >= 0.6 is 0 Å². The smallest absolute Gasteiger partial charge is 0.237 e. The topological polar surface area (TPSA) is 62.3 Å². The molecule has 1 N–H and O–H groups in total. The molecule has 1 saturated heterocycles. The lowest BCUT2D eigenvalue weighted by Crippen LogP contribution is -2.42. The molecule has 1 spiro atoms. The molecule has 2 amide bonds. The maximum atomic E-state index is 13.2. The van der Waals surface area contributed by atoms with Crippen molar-refractivity contribution in [2.45, 2.75) is 44.6 Å². The number of benzene rings is 1. The van der Waals surface area contributed by atoms with Crippen molar-refractivity contribution in [1.29, 1.82) is 0 Å². The molecule has 140 valence electrons. The van der Waals surface area contributed by atoms with E-state index in [0.717, 1.165) is 23.2 Å².